The Labute approximate surface area is 169 Å². The first-order valence-electron chi connectivity index (χ1n) is 10.5. The maximum Gasteiger partial charge on any atom is 0.170 e. The van der Waals surface area contributed by atoms with Gasteiger partial charge >= 0.3 is 0 Å². The summed E-state index contributed by atoms with van der Waals surface area (Å²) >= 11 is 0. The van der Waals surface area contributed by atoms with Crippen molar-refractivity contribution in [3.8, 4) is 0 Å². The molecule has 0 radical (unpaired) electrons. The van der Waals surface area contributed by atoms with Crippen molar-refractivity contribution in [2.75, 3.05) is 13.1 Å². The Hall–Kier alpha value is -2.28. The van der Waals surface area contributed by atoms with Crippen molar-refractivity contribution < 1.29 is 14.1 Å². The van der Waals surface area contributed by atoms with E-state index in [2.05, 4.69) is 41.2 Å². The van der Waals surface area contributed by atoms with E-state index in [9.17, 15) is 9.60 Å². The highest BCUT2D eigenvalue weighted by Crippen LogP contribution is 2.46. The number of hydrogen-bond donors (Lipinski definition) is 1. The Bertz CT molecular complexity index is 1010. The molecule has 0 saturated carbocycles. The highest BCUT2D eigenvalue weighted by atomic mass is 19.1. The van der Waals surface area contributed by atoms with Gasteiger partial charge < -0.3 is 9.73 Å². The van der Waals surface area contributed by atoms with E-state index in [1.54, 1.807) is 11.1 Å². The van der Waals surface area contributed by atoms with Crippen molar-refractivity contribution in [2.24, 2.45) is 0 Å². The van der Waals surface area contributed by atoms with E-state index in [1.807, 2.05) is 0 Å². The van der Waals surface area contributed by atoms with Crippen LogP contribution in [0.2, 0.25) is 0 Å². The van der Waals surface area contributed by atoms with Crippen molar-refractivity contribution in [2.45, 2.75) is 50.7 Å². The summed E-state index contributed by atoms with van der Waals surface area (Å²) in [5, 5.41) is 17.7. The molecule has 152 valence electrons. The topological polar surface area (TPSA) is 52.7 Å². The number of hydrogen-bond acceptors (Lipinski definition) is 5. The van der Waals surface area contributed by atoms with Crippen LogP contribution in [0.3, 0.4) is 0 Å². The molecule has 2 aromatic carbocycles. The zero-order valence-corrected chi connectivity index (χ0v) is 16.6. The molecule has 5 nitrogen and oxygen atoms in total. The van der Waals surface area contributed by atoms with Crippen LogP contribution in [0.1, 0.15) is 67.6 Å². The molecule has 3 aromatic rings. The van der Waals surface area contributed by atoms with Crippen LogP contribution in [0.25, 0.3) is 11.0 Å². The summed E-state index contributed by atoms with van der Waals surface area (Å²) in [6.45, 7) is 3.90. The minimum Gasteiger partial charge on any atom is -0.356 e. The van der Waals surface area contributed by atoms with Gasteiger partial charge in [-0.05, 0) is 42.5 Å². The molecular weight excluding hydrogens is 369 g/mol. The third-order valence-corrected chi connectivity index (χ3v) is 6.49. The maximum atomic E-state index is 13.4. The molecule has 5 rings (SSSR count). The van der Waals surface area contributed by atoms with E-state index in [0.29, 0.717) is 5.58 Å². The number of halogens is 1. The lowest BCUT2D eigenvalue weighted by Gasteiger charge is -2.38. The van der Waals surface area contributed by atoms with Gasteiger partial charge in [0.1, 0.15) is 12.0 Å². The zero-order chi connectivity index (χ0) is 20.0. The van der Waals surface area contributed by atoms with E-state index in [-0.39, 0.29) is 23.9 Å². The first-order chi connectivity index (χ1) is 14.2. The first kappa shape index (κ1) is 18.7. The SMILES string of the molecule is CCCC1c2ccccc2C(N2CCC(c3noc4cc(F)ccc34)CC2)N1O. The van der Waals surface area contributed by atoms with E-state index < -0.39 is 0 Å². The highest BCUT2D eigenvalue weighted by molar-refractivity contribution is 5.79. The van der Waals surface area contributed by atoms with Crippen molar-refractivity contribution in [1.29, 1.82) is 0 Å². The number of aromatic nitrogens is 1. The molecule has 6 heteroatoms. The Kier molecular flexibility index (Phi) is 4.86. The van der Waals surface area contributed by atoms with Crippen molar-refractivity contribution >= 4 is 11.0 Å². The quantitative estimate of drug-likeness (QED) is 0.642. The van der Waals surface area contributed by atoms with Gasteiger partial charge in [-0.1, -0.05) is 42.8 Å². The highest BCUT2D eigenvalue weighted by Gasteiger charge is 2.41. The van der Waals surface area contributed by atoms with Crippen LogP contribution in [0.5, 0.6) is 0 Å². The van der Waals surface area contributed by atoms with Gasteiger partial charge in [-0.2, -0.15) is 5.06 Å². The van der Waals surface area contributed by atoms with Gasteiger partial charge in [0.05, 0.1) is 11.7 Å². The standard InChI is InChI=1S/C23H26FN3O2/c1-2-5-20-17-6-3-4-7-18(17)23(27(20)28)26-12-10-15(11-13-26)22-19-9-8-16(24)14-21(19)29-25-22/h3-4,6-9,14-15,20,23,28H,2,5,10-13H2,1H3. The predicted octanol–water partition coefficient (Wildman–Crippen LogP) is 5.39. The van der Waals surface area contributed by atoms with Crippen LogP contribution in [-0.2, 0) is 0 Å². The number of likely N-dealkylation sites (tertiary alicyclic amines) is 1. The fourth-order valence-corrected chi connectivity index (χ4v) is 5.07. The smallest absolute Gasteiger partial charge is 0.170 e. The Balaban J connectivity index is 1.35. The second kappa shape index (κ2) is 7.52. The molecule has 29 heavy (non-hydrogen) atoms. The molecule has 0 amide bonds. The second-order valence-corrected chi connectivity index (χ2v) is 8.21. The normalized spacial score (nSPS) is 23.7. The van der Waals surface area contributed by atoms with Gasteiger partial charge in [-0.3, -0.25) is 4.90 Å². The van der Waals surface area contributed by atoms with Gasteiger partial charge in [0, 0.05) is 30.5 Å². The molecule has 2 atom stereocenters. The predicted molar refractivity (Wildman–Crippen MR) is 108 cm³/mol. The number of piperidine rings is 1. The number of benzene rings is 2. The molecule has 1 aromatic heterocycles. The van der Waals surface area contributed by atoms with Crippen LogP contribution < -0.4 is 0 Å². The van der Waals surface area contributed by atoms with Crippen molar-refractivity contribution in [1.82, 2.24) is 15.1 Å². The first-order valence-corrected chi connectivity index (χ1v) is 10.5. The van der Waals surface area contributed by atoms with Gasteiger partial charge in [0.2, 0.25) is 0 Å². The Morgan fingerprint density at radius 2 is 1.90 bits per heavy atom. The fourth-order valence-electron chi connectivity index (χ4n) is 5.07. The van der Waals surface area contributed by atoms with E-state index in [0.717, 1.165) is 49.9 Å². The number of hydroxylamine groups is 2. The van der Waals surface area contributed by atoms with Gasteiger partial charge in [0.25, 0.3) is 0 Å². The van der Waals surface area contributed by atoms with Crippen LogP contribution in [0.4, 0.5) is 4.39 Å². The minimum absolute atomic E-state index is 0.0632. The maximum absolute atomic E-state index is 13.4. The molecule has 0 spiro atoms. The average Bonchev–Trinajstić information content (AvgIpc) is 3.27. The number of rotatable bonds is 4. The van der Waals surface area contributed by atoms with Gasteiger partial charge in [-0.15, -0.1) is 0 Å². The lowest BCUT2D eigenvalue weighted by Crippen LogP contribution is -2.41. The number of nitrogens with zero attached hydrogens (tertiary/aromatic N) is 3. The molecule has 0 bridgehead atoms. The molecule has 1 N–H and O–H groups in total. The summed E-state index contributed by atoms with van der Waals surface area (Å²) in [4.78, 5) is 2.37. The number of fused-ring (bicyclic) bond motifs is 2. The summed E-state index contributed by atoms with van der Waals surface area (Å²) < 4.78 is 18.8. The Morgan fingerprint density at radius 3 is 2.66 bits per heavy atom. The van der Waals surface area contributed by atoms with Crippen molar-refractivity contribution in [3.63, 3.8) is 0 Å². The summed E-state index contributed by atoms with van der Waals surface area (Å²) in [6, 6.07) is 13.1. The van der Waals surface area contributed by atoms with E-state index in [4.69, 9.17) is 4.52 Å². The molecule has 3 heterocycles. The third kappa shape index (κ3) is 3.16. The molecule has 0 aliphatic carbocycles. The lowest BCUT2D eigenvalue weighted by atomic mass is 9.91. The van der Waals surface area contributed by atoms with Crippen LogP contribution >= 0.6 is 0 Å². The van der Waals surface area contributed by atoms with E-state index >= 15 is 0 Å². The van der Waals surface area contributed by atoms with Gasteiger partial charge in [0.15, 0.2) is 5.58 Å². The third-order valence-electron chi connectivity index (χ3n) is 6.49. The molecule has 2 unspecified atom stereocenters. The molecule has 2 aliphatic heterocycles. The fraction of sp³-hybridized carbons (Fsp3) is 0.435. The second-order valence-electron chi connectivity index (χ2n) is 8.21. The lowest BCUT2D eigenvalue weighted by molar-refractivity contribution is -0.196. The van der Waals surface area contributed by atoms with Crippen LogP contribution in [0.15, 0.2) is 47.0 Å². The molecule has 2 aliphatic rings. The summed E-state index contributed by atoms with van der Waals surface area (Å²) in [5.41, 5.74) is 3.90. The van der Waals surface area contributed by atoms with Crippen molar-refractivity contribution in [3.05, 3.63) is 65.1 Å². The van der Waals surface area contributed by atoms with Crippen LogP contribution in [0, 0.1) is 5.82 Å². The van der Waals surface area contributed by atoms with Crippen LogP contribution in [-0.4, -0.2) is 33.4 Å². The zero-order valence-electron chi connectivity index (χ0n) is 16.6. The Morgan fingerprint density at radius 1 is 1.14 bits per heavy atom. The summed E-state index contributed by atoms with van der Waals surface area (Å²) in [5.74, 6) is -0.0206. The van der Waals surface area contributed by atoms with Gasteiger partial charge in [-0.25, -0.2) is 4.39 Å². The average molecular weight is 395 g/mol. The summed E-state index contributed by atoms with van der Waals surface area (Å²) in [7, 11) is 0. The van der Waals surface area contributed by atoms with E-state index in [1.165, 1.54) is 23.3 Å². The summed E-state index contributed by atoms with van der Waals surface area (Å²) in [6.07, 6.45) is 3.76. The minimum atomic E-state index is -0.306. The molecule has 1 saturated heterocycles. The molecular formula is C23H26FN3O2. The largest absolute Gasteiger partial charge is 0.356 e. The molecule has 1 fully saturated rings. The monoisotopic (exact) mass is 395 g/mol.